The Morgan fingerprint density at radius 1 is 1.70 bits per heavy atom. The summed E-state index contributed by atoms with van der Waals surface area (Å²) in [7, 11) is 0. The molecule has 2 nitrogen and oxygen atoms in total. The number of rotatable bonds is 0. The van der Waals surface area contributed by atoms with Crippen LogP contribution in [0.5, 0.6) is 0 Å². The van der Waals surface area contributed by atoms with Gasteiger partial charge >= 0.3 is 0 Å². The van der Waals surface area contributed by atoms with Crippen LogP contribution in [0.4, 0.5) is 0 Å². The number of hydrogen-bond acceptors (Lipinski definition) is 2. The van der Waals surface area contributed by atoms with Gasteiger partial charge in [-0.2, -0.15) is 0 Å². The van der Waals surface area contributed by atoms with Gasteiger partial charge in [0, 0.05) is 6.20 Å². The van der Waals surface area contributed by atoms with Crippen molar-refractivity contribution in [2.24, 2.45) is 4.99 Å². The van der Waals surface area contributed by atoms with Gasteiger partial charge in [0.25, 0.3) is 0 Å². The number of halogens is 2. The second-order valence-corrected chi connectivity index (χ2v) is 2.51. The summed E-state index contributed by atoms with van der Waals surface area (Å²) in [5.41, 5.74) is 0.321. The lowest BCUT2D eigenvalue weighted by Gasteiger charge is -2.07. The molecule has 0 bridgehead atoms. The lowest BCUT2D eigenvalue weighted by atomic mass is 10.2. The van der Waals surface area contributed by atoms with Crippen molar-refractivity contribution in [2.75, 3.05) is 0 Å². The molecule has 0 N–H and O–H groups in total. The first-order chi connectivity index (χ1) is 4.75. The quantitative estimate of drug-likeness (QED) is 0.406. The topological polar surface area (TPSA) is 29.4 Å². The Labute approximate surface area is 67.8 Å². The summed E-state index contributed by atoms with van der Waals surface area (Å²) in [5.74, 6) is 1.67. The van der Waals surface area contributed by atoms with Crippen molar-refractivity contribution >= 4 is 34.3 Å². The zero-order chi connectivity index (χ0) is 7.56. The average molecular weight is 176 g/mol. The highest BCUT2D eigenvalue weighted by atomic mass is 35.5. The smallest absolute Gasteiger partial charge is 0.130 e. The van der Waals surface area contributed by atoms with E-state index in [2.05, 4.69) is 4.99 Å². The van der Waals surface area contributed by atoms with Crippen LogP contribution in [0, 0.1) is 0 Å². The van der Waals surface area contributed by atoms with E-state index in [1.807, 2.05) is 0 Å². The van der Waals surface area contributed by atoms with Crippen LogP contribution in [0.25, 0.3) is 0 Å². The summed E-state index contributed by atoms with van der Waals surface area (Å²) in [4.78, 5) is 13.8. The number of aliphatic imine (C=N–C) groups is 1. The van der Waals surface area contributed by atoms with Gasteiger partial charge in [0.2, 0.25) is 0 Å². The Morgan fingerprint density at radius 3 is 2.90 bits per heavy atom. The lowest BCUT2D eigenvalue weighted by molar-refractivity contribution is 0.567. The van der Waals surface area contributed by atoms with E-state index in [0.717, 1.165) is 0 Å². The van der Waals surface area contributed by atoms with Gasteiger partial charge in [0.1, 0.15) is 16.5 Å². The molecule has 1 unspecified atom stereocenters. The first-order valence-electron chi connectivity index (χ1n) is 2.54. The molecule has 0 aromatic heterocycles. The maximum absolute atomic E-state index is 10.1. The molecule has 0 amide bonds. The fraction of sp³-hybridized carbons (Fsp3) is 0.167. The molecule has 4 heteroatoms. The zero-order valence-corrected chi connectivity index (χ0v) is 6.36. The highest BCUT2D eigenvalue weighted by molar-refractivity contribution is 6.71. The summed E-state index contributed by atoms with van der Waals surface area (Å²) < 4.78 is 0. The molecule has 0 fully saturated rings. The molecule has 1 aliphatic rings. The SMILES string of the molecule is O=C=C1C=CN=C(Cl)C1Cl. The molecule has 0 aromatic rings. The van der Waals surface area contributed by atoms with E-state index in [0.29, 0.717) is 5.57 Å². The van der Waals surface area contributed by atoms with Crippen molar-refractivity contribution in [3.63, 3.8) is 0 Å². The summed E-state index contributed by atoms with van der Waals surface area (Å²) in [6.45, 7) is 0. The van der Waals surface area contributed by atoms with Crippen molar-refractivity contribution in [1.29, 1.82) is 0 Å². The first kappa shape index (κ1) is 7.55. The molecule has 1 rings (SSSR count). The highest BCUT2D eigenvalue weighted by Crippen LogP contribution is 2.17. The van der Waals surface area contributed by atoms with Crippen LogP contribution >= 0.6 is 23.2 Å². The van der Waals surface area contributed by atoms with Crippen LogP contribution in [0.1, 0.15) is 0 Å². The minimum absolute atomic E-state index is 0.211. The Hall–Kier alpha value is -0.560. The Bertz CT molecular complexity index is 250. The number of alkyl halides is 1. The summed E-state index contributed by atoms with van der Waals surface area (Å²) in [5, 5.41) is -0.410. The summed E-state index contributed by atoms with van der Waals surface area (Å²) >= 11 is 11.1. The number of nitrogens with zero attached hydrogens (tertiary/aromatic N) is 1. The standard InChI is InChI=1S/C6H3Cl2NO/c7-5-4(3-10)1-2-9-6(5)8/h1-2,5H. The van der Waals surface area contributed by atoms with Crippen molar-refractivity contribution in [3.05, 3.63) is 17.8 Å². The van der Waals surface area contributed by atoms with E-state index < -0.39 is 5.38 Å². The fourth-order valence-electron chi connectivity index (χ4n) is 0.553. The van der Waals surface area contributed by atoms with E-state index in [9.17, 15) is 4.79 Å². The van der Waals surface area contributed by atoms with Gasteiger partial charge in [-0.1, -0.05) is 11.6 Å². The molecule has 1 heterocycles. The predicted octanol–water partition coefficient (Wildman–Crippen LogP) is 1.52. The molecule has 10 heavy (non-hydrogen) atoms. The van der Waals surface area contributed by atoms with Crippen LogP contribution in [0.2, 0.25) is 0 Å². The van der Waals surface area contributed by atoms with Gasteiger partial charge in [0.05, 0.1) is 5.57 Å². The molecular formula is C6H3Cl2NO. The van der Waals surface area contributed by atoms with Crippen LogP contribution in [0.15, 0.2) is 22.8 Å². The minimum atomic E-state index is -0.621. The summed E-state index contributed by atoms with van der Waals surface area (Å²) in [6.07, 6.45) is 2.90. The van der Waals surface area contributed by atoms with E-state index in [-0.39, 0.29) is 5.17 Å². The molecule has 1 atom stereocenters. The van der Waals surface area contributed by atoms with E-state index >= 15 is 0 Å². The number of carbonyl (C=O) groups excluding carboxylic acids is 1. The fourth-order valence-corrected chi connectivity index (χ4v) is 0.900. The molecule has 0 saturated heterocycles. The third-order valence-corrected chi connectivity index (χ3v) is 1.92. The second kappa shape index (κ2) is 3.02. The van der Waals surface area contributed by atoms with E-state index in [1.54, 1.807) is 5.94 Å². The van der Waals surface area contributed by atoms with Crippen LogP contribution in [-0.4, -0.2) is 16.5 Å². The molecule has 0 radical (unpaired) electrons. The van der Waals surface area contributed by atoms with Gasteiger partial charge in [-0.15, -0.1) is 11.6 Å². The predicted molar refractivity (Wildman–Crippen MR) is 41.3 cm³/mol. The maximum Gasteiger partial charge on any atom is 0.130 e. The number of allylic oxidation sites excluding steroid dienone is 2. The van der Waals surface area contributed by atoms with Gasteiger partial charge in [-0.25, -0.2) is 9.79 Å². The molecule has 0 saturated carbocycles. The van der Waals surface area contributed by atoms with Crippen LogP contribution in [0.3, 0.4) is 0 Å². The Kier molecular flexibility index (Phi) is 2.28. The largest absolute Gasteiger partial charge is 0.247 e. The molecule has 0 spiro atoms. The molecular weight excluding hydrogens is 173 g/mol. The molecule has 0 aliphatic carbocycles. The molecule has 1 aliphatic heterocycles. The van der Waals surface area contributed by atoms with Crippen molar-refractivity contribution in [1.82, 2.24) is 0 Å². The second-order valence-electron chi connectivity index (χ2n) is 1.69. The van der Waals surface area contributed by atoms with Crippen LogP contribution < -0.4 is 0 Å². The normalized spacial score (nSPS) is 24.0. The highest BCUT2D eigenvalue weighted by Gasteiger charge is 2.17. The van der Waals surface area contributed by atoms with E-state index in [4.69, 9.17) is 23.2 Å². The number of hydrogen-bond donors (Lipinski definition) is 0. The first-order valence-corrected chi connectivity index (χ1v) is 3.36. The van der Waals surface area contributed by atoms with E-state index in [1.165, 1.54) is 12.3 Å². The molecule has 52 valence electrons. The van der Waals surface area contributed by atoms with Gasteiger partial charge in [-0.3, -0.25) is 0 Å². The van der Waals surface area contributed by atoms with Gasteiger partial charge in [0.15, 0.2) is 0 Å². The Balaban J connectivity index is 3.00. The zero-order valence-electron chi connectivity index (χ0n) is 4.84. The van der Waals surface area contributed by atoms with Crippen molar-refractivity contribution in [3.8, 4) is 0 Å². The maximum atomic E-state index is 10.1. The monoisotopic (exact) mass is 175 g/mol. The van der Waals surface area contributed by atoms with Crippen molar-refractivity contribution < 1.29 is 4.79 Å². The van der Waals surface area contributed by atoms with Gasteiger partial charge in [-0.05, 0) is 6.08 Å². The lowest BCUT2D eigenvalue weighted by Crippen LogP contribution is -2.13. The third kappa shape index (κ3) is 1.29. The molecule has 0 aromatic carbocycles. The van der Waals surface area contributed by atoms with Gasteiger partial charge < -0.3 is 0 Å². The van der Waals surface area contributed by atoms with Crippen molar-refractivity contribution in [2.45, 2.75) is 5.38 Å². The summed E-state index contributed by atoms with van der Waals surface area (Å²) in [6, 6.07) is 0. The third-order valence-electron chi connectivity index (χ3n) is 1.05. The minimum Gasteiger partial charge on any atom is -0.247 e. The Morgan fingerprint density at radius 2 is 2.40 bits per heavy atom. The average Bonchev–Trinajstić information content (AvgIpc) is 1.95. The van der Waals surface area contributed by atoms with Crippen LogP contribution in [-0.2, 0) is 4.79 Å².